The van der Waals surface area contributed by atoms with E-state index in [9.17, 15) is 0 Å². The Bertz CT molecular complexity index is 302. The largest absolute Gasteiger partial charge is 0.385 e. The van der Waals surface area contributed by atoms with Crippen LogP contribution in [0.2, 0.25) is 5.82 Å². The zero-order chi connectivity index (χ0) is 13.8. The molecule has 0 saturated carbocycles. The molecule has 0 bridgehead atoms. The van der Waals surface area contributed by atoms with Crippen molar-refractivity contribution in [3.63, 3.8) is 0 Å². The van der Waals surface area contributed by atoms with Crippen LogP contribution in [0.4, 0.5) is 0 Å². The Morgan fingerprint density at radius 2 is 1.89 bits per heavy atom. The maximum atomic E-state index is 3.90. The molecule has 0 aliphatic heterocycles. The molecule has 0 heterocycles. The summed E-state index contributed by atoms with van der Waals surface area (Å²) in [6.07, 6.45) is 12.9. The van der Waals surface area contributed by atoms with Gasteiger partial charge in [0, 0.05) is 12.2 Å². The molecule has 1 N–H and O–H groups in total. The van der Waals surface area contributed by atoms with Crippen LogP contribution in [0, 0.1) is 0 Å². The van der Waals surface area contributed by atoms with E-state index in [1.54, 1.807) is 0 Å². The molecule has 0 radical (unpaired) electrons. The predicted molar refractivity (Wildman–Crippen MR) is 86.7 cm³/mol. The Labute approximate surface area is 114 Å². The average molecular weight is 245 g/mol. The van der Waals surface area contributed by atoms with Gasteiger partial charge < -0.3 is 5.32 Å². The van der Waals surface area contributed by atoms with E-state index in [1.807, 2.05) is 12.2 Å². The summed E-state index contributed by atoms with van der Waals surface area (Å²) in [6.45, 7) is 13.2. The third-order valence-electron chi connectivity index (χ3n) is 3.06. The van der Waals surface area contributed by atoms with Crippen LogP contribution in [0.3, 0.4) is 0 Å². The molecule has 0 aromatic rings. The number of nitrogens with one attached hydrogen (secondary N) is 1. The fourth-order valence-corrected chi connectivity index (χ4v) is 1.83. The van der Waals surface area contributed by atoms with Crippen molar-refractivity contribution < 1.29 is 0 Å². The van der Waals surface area contributed by atoms with Crippen LogP contribution in [0.15, 0.2) is 48.7 Å². The first-order valence-electron chi connectivity index (χ1n) is 7.10. The molecule has 0 aliphatic carbocycles. The molecule has 2 heteroatoms. The highest BCUT2D eigenvalue weighted by Crippen LogP contribution is 2.20. The van der Waals surface area contributed by atoms with E-state index in [2.05, 4.69) is 52.3 Å². The monoisotopic (exact) mass is 245 g/mol. The molecule has 18 heavy (non-hydrogen) atoms. The SMILES string of the molecule is BC(CCC)/C(C=C)=C/C=C(\C=C)NCCCC. The van der Waals surface area contributed by atoms with Crippen molar-refractivity contribution in [3.8, 4) is 0 Å². The van der Waals surface area contributed by atoms with Crippen molar-refractivity contribution in [1.29, 1.82) is 0 Å². The van der Waals surface area contributed by atoms with E-state index >= 15 is 0 Å². The van der Waals surface area contributed by atoms with Gasteiger partial charge in [0.25, 0.3) is 0 Å². The van der Waals surface area contributed by atoms with Crippen molar-refractivity contribution in [2.75, 3.05) is 6.54 Å². The van der Waals surface area contributed by atoms with E-state index in [0.717, 1.165) is 12.2 Å². The van der Waals surface area contributed by atoms with Crippen LogP contribution in [-0.2, 0) is 0 Å². The van der Waals surface area contributed by atoms with Crippen LogP contribution in [-0.4, -0.2) is 14.4 Å². The van der Waals surface area contributed by atoms with Gasteiger partial charge in [-0.3, -0.25) is 0 Å². The summed E-state index contributed by atoms with van der Waals surface area (Å²) in [7, 11) is 2.25. The van der Waals surface area contributed by atoms with Crippen LogP contribution in [0.1, 0.15) is 39.5 Å². The Morgan fingerprint density at radius 3 is 2.39 bits per heavy atom. The van der Waals surface area contributed by atoms with Gasteiger partial charge in [-0.15, -0.1) is 0 Å². The fraction of sp³-hybridized carbons (Fsp3) is 0.500. The highest BCUT2D eigenvalue weighted by Gasteiger charge is 2.03. The molecule has 1 unspecified atom stereocenters. The Hall–Kier alpha value is -1.18. The minimum atomic E-state index is 0.574. The summed E-state index contributed by atoms with van der Waals surface area (Å²) in [5, 5.41) is 3.38. The molecule has 0 saturated heterocycles. The first-order valence-corrected chi connectivity index (χ1v) is 7.10. The van der Waals surface area contributed by atoms with Crippen LogP contribution in [0.25, 0.3) is 0 Å². The third-order valence-corrected chi connectivity index (χ3v) is 3.06. The summed E-state index contributed by atoms with van der Waals surface area (Å²) >= 11 is 0. The number of hydrogen-bond acceptors (Lipinski definition) is 1. The predicted octanol–water partition coefficient (Wildman–Crippen LogP) is 3.78. The summed E-state index contributed by atoms with van der Waals surface area (Å²) < 4.78 is 0. The van der Waals surface area contributed by atoms with Gasteiger partial charge in [-0.05, 0) is 24.4 Å². The lowest BCUT2D eigenvalue weighted by Gasteiger charge is -2.11. The summed E-state index contributed by atoms with van der Waals surface area (Å²) in [6, 6.07) is 0. The van der Waals surface area contributed by atoms with Crippen LogP contribution >= 0.6 is 0 Å². The lowest BCUT2D eigenvalue weighted by molar-refractivity contribution is 0.720. The van der Waals surface area contributed by atoms with Crippen molar-refractivity contribution in [2.24, 2.45) is 0 Å². The summed E-state index contributed by atoms with van der Waals surface area (Å²) in [4.78, 5) is 0. The molecule has 0 rings (SSSR count). The molecule has 0 aromatic carbocycles. The van der Waals surface area contributed by atoms with Gasteiger partial charge in [0.1, 0.15) is 7.85 Å². The van der Waals surface area contributed by atoms with Crippen LogP contribution < -0.4 is 5.32 Å². The smallest absolute Gasteiger partial charge is 0.111 e. The normalized spacial score (nSPS) is 14.1. The van der Waals surface area contributed by atoms with Crippen LogP contribution in [0.5, 0.6) is 0 Å². The third kappa shape index (κ3) is 7.21. The van der Waals surface area contributed by atoms with Gasteiger partial charge in [0.15, 0.2) is 0 Å². The van der Waals surface area contributed by atoms with E-state index in [1.165, 1.54) is 31.3 Å². The van der Waals surface area contributed by atoms with E-state index in [0.29, 0.717) is 5.82 Å². The lowest BCUT2D eigenvalue weighted by Crippen LogP contribution is -2.12. The van der Waals surface area contributed by atoms with E-state index in [4.69, 9.17) is 0 Å². The topological polar surface area (TPSA) is 12.0 Å². The molecule has 1 nitrogen and oxygen atoms in total. The van der Waals surface area contributed by atoms with Crippen molar-refractivity contribution in [3.05, 3.63) is 48.7 Å². The lowest BCUT2D eigenvalue weighted by atomic mass is 9.77. The van der Waals surface area contributed by atoms with Gasteiger partial charge in [-0.1, -0.05) is 64.0 Å². The first kappa shape index (κ1) is 16.8. The molecule has 0 aliphatic rings. The Kier molecular flexibility index (Phi) is 10.2. The second-order valence-corrected chi connectivity index (χ2v) is 4.67. The van der Waals surface area contributed by atoms with Gasteiger partial charge in [-0.2, -0.15) is 0 Å². The second-order valence-electron chi connectivity index (χ2n) is 4.67. The zero-order valence-electron chi connectivity index (χ0n) is 12.3. The standard InChI is InChI=1S/C16H28BN/c1-5-9-13-18-15(8-4)12-11-14(7-3)16(17)10-6-2/h7-8,11-12,16,18H,3-6,9-10,13,17H2,1-2H3/b14-11+,15-12+. The maximum Gasteiger partial charge on any atom is 0.111 e. The molecule has 0 amide bonds. The fourth-order valence-electron chi connectivity index (χ4n) is 1.83. The zero-order valence-corrected chi connectivity index (χ0v) is 12.3. The minimum absolute atomic E-state index is 0.574. The molecule has 100 valence electrons. The highest BCUT2D eigenvalue weighted by molar-refractivity contribution is 6.13. The number of allylic oxidation sites excluding steroid dienone is 5. The quantitative estimate of drug-likeness (QED) is 0.351. The first-order chi connectivity index (χ1) is 8.69. The molecule has 0 fully saturated rings. The van der Waals surface area contributed by atoms with E-state index < -0.39 is 0 Å². The Balaban J connectivity index is 4.56. The molecule has 0 spiro atoms. The molecular weight excluding hydrogens is 217 g/mol. The summed E-state index contributed by atoms with van der Waals surface area (Å²) in [5.41, 5.74) is 2.39. The number of hydrogen-bond donors (Lipinski definition) is 1. The number of unbranched alkanes of at least 4 members (excludes halogenated alkanes) is 1. The maximum absolute atomic E-state index is 3.90. The van der Waals surface area contributed by atoms with Gasteiger partial charge in [0.05, 0.1) is 0 Å². The summed E-state index contributed by atoms with van der Waals surface area (Å²) in [5.74, 6) is 0.574. The number of rotatable bonds is 10. The highest BCUT2D eigenvalue weighted by atomic mass is 14.9. The van der Waals surface area contributed by atoms with Gasteiger partial charge in [-0.25, -0.2) is 0 Å². The van der Waals surface area contributed by atoms with Gasteiger partial charge in [0.2, 0.25) is 0 Å². The minimum Gasteiger partial charge on any atom is -0.385 e. The second kappa shape index (κ2) is 10.9. The van der Waals surface area contributed by atoms with Gasteiger partial charge >= 0.3 is 0 Å². The van der Waals surface area contributed by atoms with Crippen molar-refractivity contribution in [2.45, 2.75) is 45.3 Å². The van der Waals surface area contributed by atoms with E-state index in [-0.39, 0.29) is 0 Å². The average Bonchev–Trinajstić information content (AvgIpc) is 2.37. The molecule has 1 atom stereocenters. The molecule has 0 aromatic heterocycles. The van der Waals surface area contributed by atoms with Crippen molar-refractivity contribution >= 4 is 7.85 Å². The van der Waals surface area contributed by atoms with Crippen molar-refractivity contribution in [1.82, 2.24) is 5.32 Å². The Morgan fingerprint density at radius 1 is 1.17 bits per heavy atom. The molecular formula is C16H28BN.